The molecule has 260 valence electrons. The second-order valence-corrected chi connectivity index (χ2v) is 13.8. The van der Waals surface area contributed by atoms with Crippen molar-refractivity contribution in [2.45, 2.75) is 0 Å². The molecule has 2 aromatic heterocycles. The van der Waals surface area contributed by atoms with Crippen molar-refractivity contribution in [1.29, 1.82) is 5.26 Å². The van der Waals surface area contributed by atoms with Gasteiger partial charge in [0.1, 0.15) is 0 Å². The summed E-state index contributed by atoms with van der Waals surface area (Å²) >= 11 is 0. The van der Waals surface area contributed by atoms with E-state index in [1.54, 1.807) is 0 Å². The average molecular weight is 714 g/mol. The summed E-state index contributed by atoms with van der Waals surface area (Å²) in [4.78, 5) is 20.1. The van der Waals surface area contributed by atoms with E-state index >= 15 is 0 Å². The number of benzene rings is 8. The van der Waals surface area contributed by atoms with Crippen LogP contribution in [0.15, 0.2) is 188 Å². The molecule has 0 unspecified atom stereocenters. The van der Waals surface area contributed by atoms with E-state index in [4.69, 9.17) is 19.9 Å². The molecule has 0 N–H and O–H groups in total. The zero-order valence-corrected chi connectivity index (χ0v) is 30.1. The third-order valence-corrected chi connectivity index (χ3v) is 10.4. The average Bonchev–Trinajstić information content (AvgIpc) is 3.29. The summed E-state index contributed by atoms with van der Waals surface area (Å²) in [6.07, 6.45) is 1.84. The quantitative estimate of drug-likeness (QED) is 0.160. The van der Waals surface area contributed by atoms with Crippen molar-refractivity contribution in [3.8, 4) is 73.6 Å². The molecule has 8 aromatic carbocycles. The topological polar surface area (TPSA) is 75.3 Å². The summed E-state index contributed by atoms with van der Waals surface area (Å²) in [5, 5.41) is 15.1. The van der Waals surface area contributed by atoms with Gasteiger partial charge in [0.05, 0.1) is 17.1 Å². The Morgan fingerprint density at radius 3 is 1.55 bits per heavy atom. The first-order chi connectivity index (χ1) is 27.7. The van der Waals surface area contributed by atoms with E-state index < -0.39 is 0 Å². The fourth-order valence-electron chi connectivity index (χ4n) is 7.65. The van der Waals surface area contributed by atoms with Gasteiger partial charge in [-0.15, -0.1) is 0 Å². The highest BCUT2D eigenvalue weighted by atomic mass is 15.0. The van der Waals surface area contributed by atoms with Crippen LogP contribution in [0.5, 0.6) is 0 Å². The van der Waals surface area contributed by atoms with E-state index in [-0.39, 0.29) is 0 Å². The largest absolute Gasteiger partial charge is 0.256 e. The molecule has 0 radical (unpaired) electrons. The fraction of sp³-hybridized carbons (Fsp3) is 0. The van der Waals surface area contributed by atoms with Gasteiger partial charge in [0, 0.05) is 33.8 Å². The molecule has 10 rings (SSSR count). The van der Waals surface area contributed by atoms with Crippen LogP contribution in [0.1, 0.15) is 5.56 Å². The minimum absolute atomic E-state index is 0.604. The number of aromatic nitrogens is 4. The van der Waals surface area contributed by atoms with Crippen LogP contribution in [0, 0.1) is 11.3 Å². The predicted octanol–water partition coefficient (Wildman–Crippen LogP) is 12.6. The van der Waals surface area contributed by atoms with Crippen LogP contribution in [-0.2, 0) is 0 Å². The zero-order chi connectivity index (χ0) is 37.4. The highest BCUT2D eigenvalue weighted by Crippen LogP contribution is 2.42. The first-order valence-corrected chi connectivity index (χ1v) is 18.5. The number of pyridine rings is 1. The molecule has 0 aliphatic heterocycles. The van der Waals surface area contributed by atoms with Gasteiger partial charge in [0.15, 0.2) is 17.5 Å². The Morgan fingerprint density at radius 1 is 0.339 bits per heavy atom. The molecule has 0 fully saturated rings. The van der Waals surface area contributed by atoms with Gasteiger partial charge in [-0.25, -0.2) is 15.0 Å². The molecule has 0 amide bonds. The van der Waals surface area contributed by atoms with Crippen molar-refractivity contribution in [2.24, 2.45) is 0 Å². The third-order valence-electron chi connectivity index (χ3n) is 10.4. The Bertz CT molecular complexity index is 3130. The van der Waals surface area contributed by atoms with Gasteiger partial charge < -0.3 is 0 Å². The van der Waals surface area contributed by atoms with Gasteiger partial charge in [-0.1, -0.05) is 140 Å². The second-order valence-electron chi connectivity index (χ2n) is 13.8. The van der Waals surface area contributed by atoms with Crippen LogP contribution in [0.3, 0.4) is 0 Å². The lowest BCUT2D eigenvalue weighted by atomic mass is 9.88. The summed E-state index contributed by atoms with van der Waals surface area (Å²) in [6, 6.07) is 64.6. The summed E-state index contributed by atoms with van der Waals surface area (Å²) in [6.45, 7) is 0. The van der Waals surface area contributed by atoms with E-state index in [1.165, 1.54) is 0 Å². The Labute approximate surface area is 323 Å². The molecule has 10 aromatic rings. The second kappa shape index (κ2) is 13.9. The molecule has 0 aliphatic carbocycles. The van der Waals surface area contributed by atoms with E-state index in [9.17, 15) is 5.26 Å². The van der Waals surface area contributed by atoms with Gasteiger partial charge in [0.2, 0.25) is 0 Å². The van der Waals surface area contributed by atoms with Crippen molar-refractivity contribution in [2.75, 3.05) is 0 Å². The number of nitriles is 1. The monoisotopic (exact) mass is 713 g/mol. The highest BCUT2D eigenvalue weighted by Gasteiger charge is 2.17. The van der Waals surface area contributed by atoms with E-state index in [1.807, 2.05) is 72.9 Å². The lowest BCUT2D eigenvalue weighted by Crippen LogP contribution is -2.00. The molecule has 0 saturated carbocycles. The molecule has 2 heterocycles. The molecule has 56 heavy (non-hydrogen) atoms. The molecule has 0 atom stereocenters. The van der Waals surface area contributed by atoms with E-state index in [2.05, 4.69) is 121 Å². The summed E-state index contributed by atoms with van der Waals surface area (Å²) in [7, 11) is 0. The molecular weight excluding hydrogens is 683 g/mol. The Hall–Kier alpha value is -7.81. The molecule has 0 saturated heterocycles. The van der Waals surface area contributed by atoms with Gasteiger partial charge >= 0.3 is 0 Å². The Kier molecular flexibility index (Phi) is 8.13. The minimum atomic E-state index is 0.604. The Balaban J connectivity index is 1.15. The number of fused-ring (bicyclic) bond motifs is 5. The maximum Gasteiger partial charge on any atom is 0.164 e. The van der Waals surface area contributed by atoms with Gasteiger partial charge in [-0.2, -0.15) is 5.26 Å². The normalized spacial score (nSPS) is 11.2. The van der Waals surface area contributed by atoms with E-state index in [0.717, 1.165) is 82.5 Å². The maximum atomic E-state index is 9.42. The number of rotatable bonds is 6. The van der Waals surface area contributed by atoms with Crippen LogP contribution < -0.4 is 0 Å². The first kappa shape index (κ1) is 32.8. The minimum Gasteiger partial charge on any atom is -0.256 e. The standard InChI is InChI=1S/C51H31N5/c52-32-33-23-25-35(26-24-33)45-31-46-42-21-8-7-20-41(42)44(30-47(46)43-22-11-27-53-48(43)45)38-17-10-19-40(29-38)51-55-49(36-14-5-2-6-15-36)54-50(56-51)39-18-9-16-37(28-39)34-12-3-1-4-13-34/h1-31H. The summed E-state index contributed by atoms with van der Waals surface area (Å²) in [5.41, 5.74) is 10.8. The fourth-order valence-corrected chi connectivity index (χ4v) is 7.65. The molecule has 0 aliphatic rings. The third kappa shape index (κ3) is 5.92. The lowest BCUT2D eigenvalue weighted by molar-refractivity contribution is 1.07. The predicted molar refractivity (Wildman–Crippen MR) is 227 cm³/mol. The highest BCUT2D eigenvalue weighted by molar-refractivity contribution is 6.23. The van der Waals surface area contributed by atoms with Crippen molar-refractivity contribution in [1.82, 2.24) is 19.9 Å². The molecule has 0 bridgehead atoms. The molecule has 5 nitrogen and oxygen atoms in total. The summed E-state index contributed by atoms with van der Waals surface area (Å²) < 4.78 is 0. The Morgan fingerprint density at radius 2 is 0.857 bits per heavy atom. The summed E-state index contributed by atoms with van der Waals surface area (Å²) in [5.74, 6) is 1.84. The van der Waals surface area contributed by atoms with Gasteiger partial charge in [0.25, 0.3) is 0 Å². The van der Waals surface area contributed by atoms with E-state index in [0.29, 0.717) is 23.0 Å². The lowest BCUT2D eigenvalue weighted by Gasteiger charge is -2.16. The van der Waals surface area contributed by atoms with Crippen molar-refractivity contribution < 1.29 is 0 Å². The first-order valence-electron chi connectivity index (χ1n) is 18.5. The van der Waals surface area contributed by atoms with Crippen molar-refractivity contribution in [3.63, 3.8) is 0 Å². The van der Waals surface area contributed by atoms with Gasteiger partial charge in [-0.05, 0) is 91.8 Å². The van der Waals surface area contributed by atoms with Crippen LogP contribution in [0.4, 0.5) is 0 Å². The number of nitrogens with zero attached hydrogens (tertiary/aromatic N) is 5. The maximum absolute atomic E-state index is 9.42. The smallest absolute Gasteiger partial charge is 0.164 e. The number of hydrogen-bond donors (Lipinski definition) is 0. The van der Waals surface area contributed by atoms with Crippen molar-refractivity contribution in [3.05, 3.63) is 194 Å². The van der Waals surface area contributed by atoms with Gasteiger partial charge in [-0.3, -0.25) is 4.98 Å². The SMILES string of the molecule is N#Cc1ccc(-c2cc3c4ccccc4c(-c4cccc(-c5nc(-c6ccccc6)nc(-c6cccc(-c7ccccc7)c6)n5)c4)cc3c3cccnc23)cc1. The molecule has 5 heteroatoms. The van der Waals surface area contributed by atoms with Crippen LogP contribution in [-0.4, -0.2) is 19.9 Å². The zero-order valence-electron chi connectivity index (χ0n) is 30.1. The van der Waals surface area contributed by atoms with Crippen molar-refractivity contribution >= 4 is 32.4 Å². The molecular formula is C51H31N5. The van der Waals surface area contributed by atoms with Crippen LogP contribution in [0.2, 0.25) is 0 Å². The number of hydrogen-bond acceptors (Lipinski definition) is 5. The molecule has 0 spiro atoms. The van der Waals surface area contributed by atoms with Crippen LogP contribution >= 0.6 is 0 Å². The van der Waals surface area contributed by atoms with Crippen LogP contribution in [0.25, 0.3) is 100.0 Å².